The van der Waals surface area contributed by atoms with Crippen LogP contribution in [0.15, 0.2) is 18.2 Å². The van der Waals surface area contributed by atoms with Crippen molar-refractivity contribution in [3.63, 3.8) is 0 Å². The Morgan fingerprint density at radius 3 is 2.65 bits per heavy atom. The molecule has 1 saturated carbocycles. The van der Waals surface area contributed by atoms with E-state index in [1.165, 1.54) is 24.8 Å². The fourth-order valence-corrected chi connectivity index (χ4v) is 3.14. The average molecular weight is 274 g/mol. The molecule has 1 fully saturated rings. The molecule has 3 unspecified atom stereocenters. The summed E-state index contributed by atoms with van der Waals surface area (Å²) in [6.07, 6.45) is 3.79. The molecule has 20 heavy (non-hydrogen) atoms. The number of nitrogens with one attached hydrogen (secondary N) is 2. The summed E-state index contributed by atoms with van der Waals surface area (Å²) in [6.45, 7) is 6.75. The molecule has 1 aromatic rings. The maximum absolute atomic E-state index is 11.7. The summed E-state index contributed by atoms with van der Waals surface area (Å²) in [6, 6.07) is 6.39. The van der Waals surface area contributed by atoms with E-state index in [-0.39, 0.29) is 5.91 Å². The van der Waals surface area contributed by atoms with Crippen molar-refractivity contribution in [2.45, 2.75) is 46.1 Å². The number of hydrogen-bond acceptors (Lipinski definition) is 2. The van der Waals surface area contributed by atoms with E-state index in [4.69, 9.17) is 0 Å². The Labute approximate surface area is 122 Å². The first-order valence-electron chi connectivity index (χ1n) is 7.60. The normalized spacial score (nSPS) is 26.1. The van der Waals surface area contributed by atoms with Gasteiger partial charge in [0.1, 0.15) is 0 Å². The lowest BCUT2D eigenvalue weighted by Crippen LogP contribution is -2.33. The summed E-state index contributed by atoms with van der Waals surface area (Å²) in [5, 5.41) is 6.34. The van der Waals surface area contributed by atoms with E-state index in [1.54, 1.807) is 7.05 Å². The van der Waals surface area contributed by atoms with Gasteiger partial charge in [0.05, 0.1) is 0 Å². The van der Waals surface area contributed by atoms with Gasteiger partial charge in [-0.25, -0.2) is 0 Å². The Kier molecular flexibility index (Phi) is 4.69. The quantitative estimate of drug-likeness (QED) is 0.884. The zero-order valence-electron chi connectivity index (χ0n) is 13.0. The maximum Gasteiger partial charge on any atom is 0.251 e. The van der Waals surface area contributed by atoms with Crippen LogP contribution in [-0.4, -0.2) is 19.0 Å². The highest BCUT2D eigenvalue weighted by molar-refractivity contribution is 5.95. The Balaban J connectivity index is 2.14. The first kappa shape index (κ1) is 14.9. The molecule has 0 heterocycles. The number of amides is 1. The van der Waals surface area contributed by atoms with E-state index in [1.807, 2.05) is 18.2 Å². The number of aryl methyl sites for hydroxylation is 1. The highest BCUT2D eigenvalue weighted by atomic mass is 16.1. The number of hydrogen-bond donors (Lipinski definition) is 2. The molecule has 3 atom stereocenters. The third kappa shape index (κ3) is 3.33. The van der Waals surface area contributed by atoms with Gasteiger partial charge in [-0.15, -0.1) is 0 Å². The van der Waals surface area contributed by atoms with E-state index < -0.39 is 0 Å². The highest BCUT2D eigenvalue weighted by Crippen LogP contribution is 2.31. The molecule has 0 bridgehead atoms. The second-order valence-corrected chi connectivity index (χ2v) is 6.26. The van der Waals surface area contributed by atoms with Crippen LogP contribution in [-0.2, 0) is 0 Å². The average Bonchev–Trinajstić information content (AvgIpc) is 2.43. The topological polar surface area (TPSA) is 41.1 Å². The lowest BCUT2D eigenvalue weighted by molar-refractivity contribution is 0.0963. The third-order valence-electron chi connectivity index (χ3n) is 4.50. The molecule has 0 aromatic heterocycles. The summed E-state index contributed by atoms with van der Waals surface area (Å²) in [7, 11) is 1.67. The highest BCUT2D eigenvalue weighted by Gasteiger charge is 2.25. The van der Waals surface area contributed by atoms with Gasteiger partial charge < -0.3 is 10.6 Å². The van der Waals surface area contributed by atoms with Gasteiger partial charge in [-0.3, -0.25) is 4.79 Å². The smallest absolute Gasteiger partial charge is 0.251 e. The Hall–Kier alpha value is -1.51. The predicted molar refractivity (Wildman–Crippen MR) is 84.2 cm³/mol. The van der Waals surface area contributed by atoms with Gasteiger partial charge in [0.25, 0.3) is 5.91 Å². The SMILES string of the molecule is CNC(=O)c1ccc(C)c(NC2CCC(C)CC2C)c1. The zero-order chi connectivity index (χ0) is 14.7. The van der Waals surface area contributed by atoms with E-state index in [9.17, 15) is 4.79 Å². The van der Waals surface area contributed by atoms with Crippen molar-refractivity contribution < 1.29 is 4.79 Å². The second-order valence-electron chi connectivity index (χ2n) is 6.26. The van der Waals surface area contributed by atoms with Crippen LogP contribution in [0.3, 0.4) is 0 Å². The molecule has 110 valence electrons. The van der Waals surface area contributed by atoms with Gasteiger partial charge in [-0.2, -0.15) is 0 Å². The first-order valence-corrected chi connectivity index (χ1v) is 7.60. The molecule has 2 N–H and O–H groups in total. The maximum atomic E-state index is 11.7. The molecule has 1 aliphatic carbocycles. The number of carbonyl (C=O) groups excluding carboxylic acids is 1. The number of anilines is 1. The van der Waals surface area contributed by atoms with Gasteiger partial charge in [-0.05, 0) is 55.7 Å². The lowest BCUT2D eigenvalue weighted by Gasteiger charge is -2.34. The number of carbonyl (C=O) groups is 1. The molecular formula is C17H26N2O. The standard InChI is InChI=1S/C17H26N2O/c1-11-5-8-15(13(3)9-11)19-16-10-14(17(20)18-4)7-6-12(16)2/h6-7,10-11,13,15,19H,5,8-9H2,1-4H3,(H,18,20). The monoisotopic (exact) mass is 274 g/mol. The van der Waals surface area contributed by atoms with Crippen LogP contribution in [0.5, 0.6) is 0 Å². The van der Waals surface area contributed by atoms with Crippen LogP contribution in [0.4, 0.5) is 5.69 Å². The molecule has 1 aromatic carbocycles. The van der Waals surface area contributed by atoms with E-state index in [0.717, 1.165) is 17.2 Å². The fourth-order valence-electron chi connectivity index (χ4n) is 3.14. The van der Waals surface area contributed by atoms with Crippen molar-refractivity contribution in [2.24, 2.45) is 11.8 Å². The number of benzene rings is 1. The van der Waals surface area contributed by atoms with E-state index in [0.29, 0.717) is 12.0 Å². The molecule has 1 aliphatic rings. The first-order chi connectivity index (χ1) is 9.51. The second kappa shape index (κ2) is 6.29. The Bertz CT molecular complexity index is 484. The van der Waals surface area contributed by atoms with Crippen molar-refractivity contribution in [2.75, 3.05) is 12.4 Å². The van der Waals surface area contributed by atoms with Crippen LogP contribution in [0, 0.1) is 18.8 Å². The largest absolute Gasteiger partial charge is 0.382 e. The fraction of sp³-hybridized carbons (Fsp3) is 0.588. The molecule has 2 rings (SSSR count). The molecule has 0 aliphatic heterocycles. The Morgan fingerprint density at radius 2 is 2.00 bits per heavy atom. The minimum absolute atomic E-state index is 0.0293. The molecule has 0 saturated heterocycles. The molecule has 3 heteroatoms. The zero-order valence-corrected chi connectivity index (χ0v) is 13.0. The van der Waals surface area contributed by atoms with Gasteiger partial charge >= 0.3 is 0 Å². The number of rotatable bonds is 3. The molecule has 1 amide bonds. The summed E-state index contributed by atoms with van der Waals surface area (Å²) >= 11 is 0. The van der Waals surface area contributed by atoms with Gasteiger partial charge in [0, 0.05) is 24.3 Å². The van der Waals surface area contributed by atoms with Crippen LogP contribution >= 0.6 is 0 Å². The van der Waals surface area contributed by atoms with Gasteiger partial charge in [0.2, 0.25) is 0 Å². The van der Waals surface area contributed by atoms with Crippen molar-refractivity contribution in [3.05, 3.63) is 29.3 Å². The Morgan fingerprint density at radius 1 is 1.25 bits per heavy atom. The van der Waals surface area contributed by atoms with Crippen LogP contribution in [0.25, 0.3) is 0 Å². The van der Waals surface area contributed by atoms with E-state index >= 15 is 0 Å². The predicted octanol–water partition coefficient (Wildman–Crippen LogP) is 3.59. The third-order valence-corrected chi connectivity index (χ3v) is 4.50. The molecule has 0 spiro atoms. The van der Waals surface area contributed by atoms with Crippen LogP contribution < -0.4 is 10.6 Å². The minimum atomic E-state index is -0.0293. The van der Waals surface area contributed by atoms with Gasteiger partial charge in [0.15, 0.2) is 0 Å². The van der Waals surface area contributed by atoms with Crippen molar-refractivity contribution in [1.29, 1.82) is 0 Å². The van der Waals surface area contributed by atoms with Crippen molar-refractivity contribution in [1.82, 2.24) is 5.32 Å². The molecule has 3 nitrogen and oxygen atoms in total. The van der Waals surface area contributed by atoms with Gasteiger partial charge in [-0.1, -0.05) is 19.9 Å². The van der Waals surface area contributed by atoms with Crippen molar-refractivity contribution in [3.8, 4) is 0 Å². The summed E-state index contributed by atoms with van der Waals surface area (Å²) in [5.74, 6) is 1.49. The summed E-state index contributed by atoms with van der Waals surface area (Å²) in [5.41, 5.74) is 3.01. The van der Waals surface area contributed by atoms with Crippen molar-refractivity contribution >= 4 is 11.6 Å². The summed E-state index contributed by atoms with van der Waals surface area (Å²) in [4.78, 5) is 11.7. The van der Waals surface area contributed by atoms with E-state index in [2.05, 4.69) is 31.4 Å². The molecule has 0 radical (unpaired) electrons. The minimum Gasteiger partial charge on any atom is -0.382 e. The molecular weight excluding hydrogens is 248 g/mol. The van der Waals surface area contributed by atoms with Crippen LogP contribution in [0.2, 0.25) is 0 Å². The van der Waals surface area contributed by atoms with Crippen LogP contribution in [0.1, 0.15) is 49.0 Å². The summed E-state index contributed by atoms with van der Waals surface area (Å²) < 4.78 is 0. The lowest BCUT2D eigenvalue weighted by atomic mass is 9.79.